The van der Waals surface area contributed by atoms with Gasteiger partial charge in [-0.1, -0.05) is 37.3 Å². The van der Waals surface area contributed by atoms with E-state index in [1.165, 1.54) is 0 Å². The standard InChI is InChI=1S/C17H23N3O/c1-4-8-15-19-16(17(18)20(15)11-5-2)14-10-7-6-9-13(14)12-21-3/h5-7,9-10H,2,4,8,11-12,18H2,1,3H3. The minimum atomic E-state index is 0.549. The van der Waals surface area contributed by atoms with E-state index in [1.54, 1.807) is 7.11 Å². The molecule has 0 saturated carbocycles. The summed E-state index contributed by atoms with van der Waals surface area (Å²) < 4.78 is 7.31. The molecule has 0 bridgehead atoms. The number of hydrogen-bond acceptors (Lipinski definition) is 3. The number of benzene rings is 1. The van der Waals surface area contributed by atoms with Gasteiger partial charge in [-0.3, -0.25) is 0 Å². The first-order chi connectivity index (χ1) is 10.2. The summed E-state index contributed by atoms with van der Waals surface area (Å²) in [5.41, 5.74) is 9.30. The highest BCUT2D eigenvalue weighted by atomic mass is 16.5. The lowest BCUT2D eigenvalue weighted by atomic mass is 10.1. The molecule has 0 spiro atoms. The second-order valence-electron chi connectivity index (χ2n) is 5.00. The van der Waals surface area contributed by atoms with Gasteiger partial charge >= 0.3 is 0 Å². The predicted molar refractivity (Wildman–Crippen MR) is 87.0 cm³/mol. The first-order valence-corrected chi connectivity index (χ1v) is 7.25. The van der Waals surface area contributed by atoms with E-state index in [-0.39, 0.29) is 0 Å². The van der Waals surface area contributed by atoms with Gasteiger partial charge in [-0.05, 0) is 12.0 Å². The van der Waals surface area contributed by atoms with Crippen LogP contribution >= 0.6 is 0 Å². The van der Waals surface area contributed by atoms with Gasteiger partial charge in [0.1, 0.15) is 17.3 Å². The van der Waals surface area contributed by atoms with Crippen LogP contribution in [0.5, 0.6) is 0 Å². The maximum Gasteiger partial charge on any atom is 0.132 e. The average Bonchev–Trinajstić information content (AvgIpc) is 2.78. The SMILES string of the molecule is C=CCn1c(CCC)nc(-c2ccccc2COC)c1N. The van der Waals surface area contributed by atoms with Crippen LogP contribution in [-0.2, 0) is 24.3 Å². The Kier molecular flexibility index (Phi) is 5.17. The lowest BCUT2D eigenvalue weighted by Gasteiger charge is -2.08. The summed E-state index contributed by atoms with van der Waals surface area (Å²) in [5.74, 6) is 1.71. The summed E-state index contributed by atoms with van der Waals surface area (Å²) in [4.78, 5) is 4.77. The van der Waals surface area contributed by atoms with Crippen molar-refractivity contribution in [2.75, 3.05) is 12.8 Å². The van der Waals surface area contributed by atoms with Crippen LogP contribution in [0.2, 0.25) is 0 Å². The smallest absolute Gasteiger partial charge is 0.132 e. The first-order valence-electron chi connectivity index (χ1n) is 7.25. The lowest BCUT2D eigenvalue weighted by molar-refractivity contribution is 0.185. The maximum atomic E-state index is 6.33. The van der Waals surface area contributed by atoms with Crippen LogP contribution in [0.25, 0.3) is 11.3 Å². The van der Waals surface area contributed by atoms with E-state index >= 15 is 0 Å². The minimum absolute atomic E-state index is 0.549. The third-order valence-electron chi connectivity index (χ3n) is 3.44. The minimum Gasteiger partial charge on any atom is -0.383 e. The number of anilines is 1. The Labute approximate surface area is 126 Å². The Morgan fingerprint density at radius 3 is 2.81 bits per heavy atom. The van der Waals surface area contributed by atoms with Gasteiger partial charge in [0.05, 0.1) is 6.61 Å². The third kappa shape index (κ3) is 3.16. The van der Waals surface area contributed by atoms with Crippen molar-refractivity contribution in [3.8, 4) is 11.3 Å². The Hall–Kier alpha value is -2.07. The molecule has 0 radical (unpaired) electrons. The normalized spacial score (nSPS) is 10.8. The monoisotopic (exact) mass is 285 g/mol. The van der Waals surface area contributed by atoms with E-state index in [0.29, 0.717) is 19.0 Å². The number of aryl methyl sites for hydroxylation is 1. The number of ether oxygens (including phenoxy) is 1. The molecule has 1 aromatic heterocycles. The molecular weight excluding hydrogens is 262 g/mol. The van der Waals surface area contributed by atoms with E-state index in [2.05, 4.69) is 13.5 Å². The number of hydrogen-bond donors (Lipinski definition) is 1. The highest BCUT2D eigenvalue weighted by molar-refractivity contribution is 5.73. The van der Waals surface area contributed by atoms with Gasteiger partial charge in [-0.2, -0.15) is 0 Å². The molecule has 21 heavy (non-hydrogen) atoms. The average molecular weight is 285 g/mol. The molecule has 2 rings (SSSR count). The number of allylic oxidation sites excluding steroid dienone is 1. The Balaban J connectivity index is 2.53. The fraction of sp³-hybridized carbons (Fsp3) is 0.353. The van der Waals surface area contributed by atoms with Crippen molar-refractivity contribution in [1.29, 1.82) is 0 Å². The van der Waals surface area contributed by atoms with E-state index in [9.17, 15) is 0 Å². The second-order valence-corrected chi connectivity index (χ2v) is 5.00. The fourth-order valence-electron chi connectivity index (χ4n) is 2.49. The van der Waals surface area contributed by atoms with E-state index in [4.69, 9.17) is 15.5 Å². The Morgan fingerprint density at radius 2 is 2.14 bits per heavy atom. The molecule has 0 unspecified atom stereocenters. The van der Waals surface area contributed by atoms with Gasteiger partial charge in [0, 0.05) is 25.6 Å². The van der Waals surface area contributed by atoms with Crippen molar-refractivity contribution >= 4 is 5.82 Å². The molecule has 4 nitrogen and oxygen atoms in total. The first kappa shape index (κ1) is 15.3. The van der Waals surface area contributed by atoms with E-state index < -0.39 is 0 Å². The van der Waals surface area contributed by atoms with Gasteiger partial charge < -0.3 is 15.0 Å². The van der Waals surface area contributed by atoms with Crippen molar-refractivity contribution in [1.82, 2.24) is 9.55 Å². The van der Waals surface area contributed by atoms with Crippen LogP contribution in [0.1, 0.15) is 24.7 Å². The van der Waals surface area contributed by atoms with Gasteiger partial charge in [-0.15, -0.1) is 6.58 Å². The van der Waals surface area contributed by atoms with Crippen molar-refractivity contribution in [3.05, 3.63) is 48.3 Å². The quantitative estimate of drug-likeness (QED) is 0.793. The third-order valence-corrected chi connectivity index (χ3v) is 3.44. The number of methoxy groups -OCH3 is 1. The highest BCUT2D eigenvalue weighted by Crippen LogP contribution is 2.30. The number of nitrogens with zero attached hydrogens (tertiary/aromatic N) is 2. The van der Waals surface area contributed by atoms with Crippen LogP contribution in [-0.4, -0.2) is 16.7 Å². The van der Waals surface area contributed by atoms with E-state index in [0.717, 1.165) is 35.5 Å². The number of aromatic nitrogens is 2. The van der Waals surface area contributed by atoms with Gasteiger partial charge in [-0.25, -0.2) is 4.98 Å². The summed E-state index contributed by atoms with van der Waals surface area (Å²) in [5, 5.41) is 0. The van der Waals surface area contributed by atoms with Gasteiger partial charge in [0.2, 0.25) is 0 Å². The Morgan fingerprint density at radius 1 is 1.38 bits per heavy atom. The van der Waals surface area contributed by atoms with Crippen LogP contribution in [0, 0.1) is 0 Å². The summed E-state index contributed by atoms with van der Waals surface area (Å²) in [6, 6.07) is 8.09. The molecule has 0 amide bonds. The number of nitrogens with two attached hydrogens (primary N) is 1. The largest absolute Gasteiger partial charge is 0.383 e. The molecule has 0 aliphatic heterocycles. The zero-order valence-electron chi connectivity index (χ0n) is 12.8. The summed E-state index contributed by atoms with van der Waals surface area (Å²) in [6.45, 7) is 7.17. The lowest BCUT2D eigenvalue weighted by Crippen LogP contribution is -2.06. The Bertz CT molecular complexity index is 616. The molecule has 0 fully saturated rings. The molecule has 4 heteroatoms. The van der Waals surface area contributed by atoms with Gasteiger partial charge in [0.15, 0.2) is 0 Å². The fourth-order valence-corrected chi connectivity index (χ4v) is 2.49. The zero-order chi connectivity index (χ0) is 15.2. The van der Waals surface area contributed by atoms with Crippen LogP contribution in [0.4, 0.5) is 5.82 Å². The number of rotatable bonds is 7. The molecule has 0 aliphatic rings. The molecule has 0 atom stereocenters. The molecule has 2 N–H and O–H groups in total. The van der Waals surface area contributed by atoms with Crippen molar-refractivity contribution < 1.29 is 4.74 Å². The van der Waals surface area contributed by atoms with Gasteiger partial charge in [0.25, 0.3) is 0 Å². The number of imidazole rings is 1. The maximum absolute atomic E-state index is 6.33. The second kappa shape index (κ2) is 7.09. The summed E-state index contributed by atoms with van der Waals surface area (Å²) >= 11 is 0. The molecule has 1 heterocycles. The molecule has 0 saturated heterocycles. The van der Waals surface area contributed by atoms with Crippen LogP contribution in [0.15, 0.2) is 36.9 Å². The summed E-state index contributed by atoms with van der Waals surface area (Å²) in [7, 11) is 1.69. The van der Waals surface area contributed by atoms with Crippen molar-refractivity contribution in [2.45, 2.75) is 32.9 Å². The van der Waals surface area contributed by atoms with Crippen LogP contribution < -0.4 is 5.73 Å². The van der Waals surface area contributed by atoms with E-state index in [1.807, 2.05) is 34.9 Å². The zero-order valence-corrected chi connectivity index (χ0v) is 12.8. The molecule has 1 aromatic carbocycles. The van der Waals surface area contributed by atoms with Crippen molar-refractivity contribution in [3.63, 3.8) is 0 Å². The topological polar surface area (TPSA) is 53.1 Å². The predicted octanol–water partition coefficient (Wildman–Crippen LogP) is 3.42. The number of nitrogen functional groups attached to an aromatic ring is 1. The molecule has 112 valence electrons. The molecule has 2 aromatic rings. The van der Waals surface area contributed by atoms with Crippen molar-refractivity contribution in [2.24, 2.45) is 0 Å². The summed E-state index contributed by atoms with van der Waals surface area (Å²) in [6.07, 6.45) is 3.79. The molecule has 0 aliphatic carbocycles. The van der Waals surface area contributed by atoms with Crippen LogP contribution in [0.3, 0.4) is 0 Å². The highest BCUT2D eigenvalue weighted by Gasteiger charge is 2.17. The molecular formula is C17H23N3O.